The molecular formula is C27H28FN5O3. The fourth-order valence-electron chi connectivity index (χ4n) is 5.59. The van der Waals surface area contributed by atoms with E-state index in [0.29, 0.717) is 37.3 Å². The van der Waals surface area contributed by atoms with Gasteiger partial charge in [-0.2, -0.15) is 5.10 Å². The molecule has 0 radical (unpaired) electrons. The number of ketones is 1. The highest BCUT2D eigenvalue weighted by Gasteiger charge is 2.48. The monoisotopic (exact) mass is 489 g/mol. The standard InChI is InChI=1S/C27H28FN5O3/c28-21-14-19(17-5-8-20(9-6-17)32-13-1-2-24(32)34)7-10-22(21)33-23(30-31-26(33)36)15-27(11-12-29-16-27)25(35)18-3-4-18/h5-10,14,18,29H,1-4,11-13,15-16H2,(H,31,36)/t27-/m0/s1. The maximum Gasteiger partial charge on any atom is 0.348 e. The number of carbonyl (C=O) groups is 2. The normalized spacial score (nSPS) is 21.9. The van der Waals surface area contributed by atoms with Gasteiger partial charge in [0, 0.05) is 43.0 Å². The van der Waals surface area contributed by atoms with Crippen LogP contribution in [0.15, 0.2) is 47.3 Å². The summed E-state index contributed by atoms with van der Waals surface area (Å²) >= 11 is 0. The van der Waals surface area contributed by atoms with E-state index in [4.69, 9.17) is 0 Å². The molecule has 2 N–H and O–H groups in total. The molecule has 8 nitrogen and oxygen atoms in total. The Morgan fingerprint density at radius 3 is 2.53 bits per heavy atom. The minimum atomic E-state index is -0.612. The van der Waals surface area contributed by atoms with Crippen LogP contribution >= 0.6 is 0 Å². The number of carbonyl (C=O) groups excluding carboxylic acids is 2. The zero-order valence-electron chi connectivity index (χ0n) is 19.9. The molecule has 2 aliphatic heterocycles. The predicted molar refractivity (Wildman–Crippen MR) is 133 cm³/mol. The van der Waals surface area contributed by atoms with Crippen LogP contribution in [-0.2, 0) is 16.0 Å². The second-order valence-corrected chi connectivity index (χ2v) is 10.2. The Hall–Kier alpha value is -3.59. The van der Waals surface area contributed by atoms with Gasteiger partial charge in [0.2, 0.25) is 5.91 Å². The molecule has 3 aliphatic rings. The molecule has 6 rings (SSSR count). The fourth-order valence-corrected chi connectivity index (χ4v) is 5.59. The third kappa shape index (κ3) is 3.97. The first kappa shape index (κ1) is 22.8. The molecule has 0 spiro atoms. The third-order valence-electron chi connectivity index (χ3n) is 7.73. The molecule has 0 unspecified atom stereocenters. The number of halogens is 1. The van der Waals surface area contributed by atoms with E-state index >= 15 is 4.39 Å². The van der Waals surface area contributed by atoms with Crippen molar-refractivity contribution in [2.45, 2.75) is 38.5 Å². The van der Waals surface area contributed by atoms with E-state index in [0.717, 1.165) is 37.1 Å². The van der Waals surface area contributed by atoms with Crippen LogP contribution in [0.2, 0.25) is 0 Å². The van der Waals surface area contributed by atoms with Gasteiger partial charge in [0.1, 0.15) is 17.4 Å². The summed E-state index contributed by atoms with van der Waals surface area (Å²) in [6.45, 7) is 2.00. The van der Waals surface area contributed by atoms with Gasteiger partial charge in [-0.15, -0.1) is 0 Å². The number of nitrogens with one attached hydrogen (secondary N) is 2. The Morgan fingerprint density at radius 1 is 1.11 bits per heavy atom. The summed E-state index contributed by atoms with van der Waals surface area (Å²) in [6.07, 6.45) is 4.22. The molecule has 2 aromatic carbocycles. The number of benzene rings is 2. The van der Waals surface area contributed by atoms with E-state index in [9.17, 15) is 14.4 Å². The van der Waals surface area contributed by atoms with Gasteiger partial charge in [0.05, 0.1) is 5.69 Å². The number of nitrogens with zero attached hydrogens (tertiary/aromatic N) is 3. The molecular weight excluding hydrogens is 461 g/mol. The van der Waals surface area contributed by atoms with Gasteiger partial charge >= 0.3 is 5.69 Å². The highest BCUT2D eigenvalue weighted by Crippen LogP contribution is 2.42. The van der Waals surface area contributed by atoms with Crippen LogP contribution in [0, 0.1) is 17.2 Å². The number of rotatable bonds is 7. The smallest absolute Gasteiger partial charge is 0.316 e. The molecule has 3 fully saturated rings. The van der Waals surface area contributed by atoms with Gasteiger partial charge in [0.15, 0.2) is 0 Å². The Bertz CT molecular complexity index is 1380. The van der Waals surface area contributed by atoms with E-state index in [1.54, 1.807) is 17.0 Å². The molecule has 3 heterocycles. The van der Waals surface area contributed by atoms with E-state index < -0.39 is 16.9 Å². The first-order chi connectivity index (χ1) is 17.4. The van der Waals surface area contributed by atoms with Crippen LogP contribution in [0.5, 0.6) is 0 Å². The number of amides is 1. The van der Waals surface area contributed by atoms with Crippen LogP contribution in [0.1, 0.15) is 37.9 Å². The SMILES string of the molecule is O=C1CCCN1c1ccc(-c2ccc(-n3c(C[C@@]4(C(=O)C5CC5)CCNC4)n[nH]c3=O)c(F)c2)cc1. The summed E-state index contributed by atoms with van der Waals surface area (Å²) in [6, 6.07) is 12.2. The van der Waals surface area contributed by atoms with Crippen molar-refractivity contribution in [3.8, 4) is 16.8 Å². The quantitative estimate of drug-likeness (QED) is 0.532. The minimum absolute atomic E-state index is 0.0926. The molecule has 1 atom stereocenters. The van der Waals surface area contributed by atoms with Crippen molar-refractivity contribution >= 4 is 17.4 Å². The summed E-state index contributed by atoms with van der Waals surface area (Å²) < 4.78 is 16.7. The average Bonchev–Trinajstić information content (AvgIpc) is 3.29. The molecule has 2 saturated heterocycles. The van der Waals surface area contributed by atoms with Crippen molar-refractivity contribution < 1.29 is 14.0 Å². The lowest BCUT2D eigenvalue weighted by molar-refractivity contribution is -0.129. The lowest BCUT2D eigenvalue weighted by Crippen LogP contribution is -2.38. The molecule has 186 valence electrons. The maximum atomic E-state index is 15.4. The zero-order valence-corrected chi connectivity index (χ0v) is 19.9. The van der Waals surface area contributed by atoms with Gasteiger partial charge in [-0.25, -0.2) is 18.9 Å². The van der Waals surface area contributed by atoms with Crippen molar-refractivity contribution in [3.05, 3.63) is 64.6 Å². The number of hydrogen-bond donors (Lipinski definition) is 2. The molecule has 9 heteroatoms. The van der Waals surface area contributed by atoms with E-state index in [1.807, 2.05) is 24.3 Å². The van der Waals surface area contributed by atoms with Gasteiger partial charge in [-0.3, -0.25) is 9.59 Å². The number of H-pyrrole nitrogens is 1. The van der Waals surface area contributed by atoms with Crippen LogP contribution in [0.25, 0.3) is 16.8 Å². The number of aromatic amines is 1. The molecule has 36 heavy (non-hydrogen) atoms. The summed E-state index contributed by atoms with van der Waals surface area (Å²) in [5.74, 6) is 0.250. The van der Waals surface area contributed by atoms with Crippen molar-refractivity contribution in [3.63, 3.8) is 0 Å². The zero-order chi connectivity index (χ0) is 24.9. The van der Waals surface area contributed by atoms with Gasteiger partial charge < -0.3 is 10.2 Å². The summed E-state index contributed by atoms with van der Waals surface area (Å²) in [7, 11) is 0. The predicted octanol–water partition coefficient (Wildman–Crippen LogP) is 2.99. The highest BCUT2D eigenvalue weighted by molar-refractivity contribution is 5.95. The molecule has 1 aromatic heterocycles. The molecule has 1 saturated carbocycles. The first-order valence-corrected chi connectivity index (χ1v) is 12.6. The Labute approximate surface area is 207 Å². The van der Waals surface area contributed by atoms with Crippen molar-refractivity contribution in [2.24, 2.45) is 11.3 Å². The lowest BCUT2D eigenvalue weighted by Gasteiger charge is -2.26. The number of hydrogen-bond acceptors (Lipinski definition) is 5. The molecule has 3 aromatic rings. The second kappa shape index (κ2) is 8.81. The maximum absolute atomic E-state index is 15.4. The van der Waals surface area contributed by atoms with Crippen LogP contribution in [-0.4, -0.2) is 46.1 Å². The largest absolute Gasteiger partial charge is 0.348 e. The lowest BCUT2D eigenvalue weighted by atomic mass is 9.77. The molecule has 0 bridgehead atoms. The third-order valence-corrected chi connectivity index (χ3v) is 7.73. The van der Waals surface area contributed by atoms with Gasteiger partial charge in [-0.1, -0.05) is 18.2 Å². The topological polar surface area (TPSA) is 100 Å². The summed E-state index contributed by atoms with van der Waals surface area (Å²) in [4.78, 5) is 39.6. The average molecular weight is 490 g/mol. The van der Waals surface area contributed by atoms with Gasteiger partial charge in [0.25, 0.3) is 0 Å². The molecule has 1 aliphatic carbocycles. The Morgan fingerprint density at radius 2 is 1.89 bits per heavy atom. The Balaban J connectivity index is 1.29. The first-order valence-electron chi connectivity index (χ1n) is 12.6. The highest BCUT2D eigenvalue weighted by atomic mass is 19.1. The van der Waals surface area contributed by atoms with Crippen LogP contribution in [0.3, 0.4) is 0 Å². The number of anilines is 1. The summed E-state index contributed by atoms with van der Waals surface area (Å²) in [5, 5.41) is 9.91. The van der Waals surface area contributed by atoms with Crippen LogP contribution in [0.4, 0.5) is 10.1 Å². The molecule has 1 amide bonds. The van der Waals surface area contributed by atoms with Crippen molar-refractivity contribution in [2.75, 3.05) is 24.5 Å². The van der Waals surface area contributed by atoms with E-state index in [1.165, 1.54) is 10.6 Å². The van der Waals surface area contributed by atoms with E-state index in [2.05, 4.69) is 15.5 Å². The minimum Gasteiger partial charge on any atom is -0.316 e. The summed E-state index contributed by atoms with van der Waals surface area (Å²) in [5.41, 5.74) is 1.27. The van der Waals surface area contributed by atoms with Gasteiger partial charge in [-0.05, 0) is 67.6 Å². The van der Waals surface area contributed by atoms with E-state index in [-0.39, 0.29) is 29.7 Å². The Kier molecular flexibility index (Phi) is 5.59. The van der Waals surface area contributed by atoms with Crippen molar-refractivity contribution in [1.82, 2.24) is 20.1 Å². The number of aromatic nitrogens is 3. The fraction of sp³-hybridized carbons (Fsp3) is 0.407. The second-order valence-electron chi connectivity index (χ2n) is 10.2. The van der Waals surface area contributed by atoms with Crippen LogP contribution < -0.4 is 15.9 Å². The number of Topliss-reactive ketones (excluding diaryl/α,β-unsaturated/α-hetero) is 1. The van der Waals surface area contributed by atoms with Crippen molar-refractivity contribution in [1.29, 1.82) is 0 Å².